The SMILES string of the molecule is CCS(=O)(=O)N1CCC[C@@H]1c1ccnc(NC)c1. The Balaban J connectivity index is 2.31. The molecule has 0 aliphatic carbocycles. The maximum atomic E-state index is 12.0. The first kappa shape index (κ1) is 13.3. The molecule has 1 aromatic rings. The number of rotatable bonds is 4. The number of anilines is 1. The Morgan fingerprint density at radius 3 is 3.00 bits per heavy atom. The van der Waals surface area contributed by atoms with Gasteiger partial charge in [0.15, 0.2) is 0 Å². The highest BCUT2D eigenvalue weighted by molar-refractivity contribution is 7.89. The van der Waals surface area contributed by atoms with E-state index in [1.807, 2.05) is 12.1 Å². The Hall–Kier alpha value is -1.14. The van der Waals surface area contributed by atoms with Crippen LogP contribution in [0.3, 0.4) is 0 Å². The van der Waals surface area contributed by atoms with Crippen LogP contribution in [0.2, 0.25) is 0 Å². The minimum Gasteiger partial charge on any atom is -0.373 e. The van der Waals surface area contributed by atoms with E-state index < -0.39 is 10.0 Å². The number of sulfonamides is 1. The fourth-order valence-corrected chi connectivity index (χ4v) is 3.72. The molecule has 0 aromatic carbocycles. The lowest BCUT2D eigenvalue weighted by Crippen LogP contribution is -2.31. The predicted octanol–water partition coefficient (Wildman–Crippen LogP) is 1.61. The topological polar surface area (TPSA) is 62.3 Å². The van der Waals surface area contributed by atoms with Gasteiger partial charge in [-0.1, -0.05) is 0 Å². The van der Waals surface area contributed by atoms with Crippen molar-refractivity contribution in [3.8, 4) is 0 Å². The minimum absolute atomic E-state index is 0.0370. The third-order valence-electron chi connectivity index (χ3n) is 3.35. The van der Waals surface area contributed by atoms with Crippen LogP contribution in [0.4, 0.5) is 5.82 Å². The Kier molecular flexibility index (Phi) is 3.87. The van der Waals surface area contributed by atoms with E-state index in [-0.39, 0.29) is 11.8 Å². The summed E-state index contributed by atoms with van der Waals surface area (Å²) < 4.78 is 25.7. The van der Waals surface area contributed by atoms with Gasteiger partial charge < -0.3 is 5.32 Å². The average Bonchev–Trinajstić information content (AvgIpc) is 2.89. The molecule has 0 saturated carbocycles. The lowest BCUT2D eigenvalue weighted by molar-refractivity contribution is 0.397. The van der Waals surface area contributed by atoms with Crippen LogP contribution in [-0.4, -0.2) is 37.1 Å². The second-order valence-corrected chi connectivity index (χ2v) is 6.60. The summed E-state index contributed by atoms with van der Waals surface area (Å²) in [5, 5.41) is 2.98. The fourth-order valence-electron chi connectivity index (χ4n) is 2.36. The largest absolute Gasteiger partial charge is 0.373 e. The van der Waals surface area contributed by atoms with Crippen LogP contribution in [-0.2, 0) is 10.0 Å². The smallest absolute Gasteiger partial charge is 0.214 e. The van der Waals surface area contributed by atoms with Gasteiger partial charge in [0.2, 0.25) is 10.0 Å². The molecule has 0 amide bonds. The molecule has 0 unspecified atom stereocenters. The van der Waals surface area contributed by atoms with E-state index in [0.29, 0.717) is 6.54 Å². The van der Waals surface area contributed by atoms with Gasteiger partial charge in [0.05, 0.1) is 5.75 Å². The second kappa shape index (κ2) is 5.24. The molecule has 1 aromatic heterocycles. The average molecular weight is 269 g/mol. The standard InChI is InChI=1S/C12H19N3O2S/c1-3-18(16,17)15-8-4-5-11(15)10-6-7-14-12(9-10)13-2/h6-7,9,11H,3-5,8H2,1-2H3,(H,13,14)/t11-/m1/s1. The molecule has 1 N–H and O–H groups in total. The number of pyridine rings is 1. The molecule has 0 radical (unpaired) electrons. The molecule has 0 spiro atoms. The van der Waals surface area contributed by atoms with Gasteiger partial charge in [0.25, 0.3) is 0 Å². The highest BCUT2D eigenvalue weighted by Gasteiger charge is 2.34. The Bertz CT molecular complexity index is 516. The third-order valence-corrected chi connectivity index (χ3v) is 5.23. The van der Waals surface area contributed by atoms with Crippen molar-refractivity contribution in [2.24, 2.45) is 0 Å². The molecule has 1 atom stereocenters. The van der Waals surface area contributed by atoms with Crippen molar-refractivity contribution in [1.82, 2.24) is 9.29 Å². The molecule has 0 bridgehead atoms. The Morgan fingerprint density at radius 1 is 1.56 bits per heavy atom. The summed E-state index contributed by atoms with van der Waals surface area (Å²) in [7, 11) is -1.32. The summed E-state index contributed by atoms with van der Waals surface area (Å²) in [6.07, 6.45) is 3.52. The van der Waals surface area contributed by atoms with Gasteiger partial charge >= 0.3 is 0 Å². The van der Waals surface area contributed by atoms with E-state index in [1.165, 1.54) is 0 Å². The van der Waals surface area contributed by atoms with Gasteiger partial charge in [-0.05, 0) is 37.5 Å². The van der Waals surface area contributed by atoms with Gasteiger partial charge in [-0.2, -0.15) is 4.31 Å². The minimum atomic E-state index is -3.12. The molecule has 6 heteroatoms. The van der Waals surface area contributed by atoms with Crippen LogP contribution in [0.15, 0.2) is 18.3 Å². The van der Waals surface area contributed by atoms with Gasteiger partial charge in [-0.15, -0.1) is 0 Å². The van der Waals surface area contributed by atoms with Crippen molar-refractivity contribution in [1.29, 1.82) is 0 Å². The maximum Gasteiger partial charge on any atom is 0.214 e. The van der Waals surface area contributed by atoms with Crippen molar-refractivity contribution in [3.63, 3.8) is 0 Å². The highest BCUT2D eigenvalue weighted by atomic mass is 32.2. The zero-order chi connectivity index (χ0) is 13.2. The van der Waals surface area contributed by atoms with Crippen molar-refractivity contribution in [2.75, 3.05) is 24.7 Å². The van der Waals surface area contributed by atoms with Gasteiger partial charge in [0, 0.05) is 25.8 Å². The molecule has 5 nitrogen and oxygen atoms in total. The number of aromatic nitrogens is 1. The molecule has 18 heavy (non-hydrogen) atoms. The van der Waals surface area contributed by atoms with E-state index in [0.717, 1.165) is 24.2 Å². The van der Waals surface area contributed by atoms with E-state index in [9.17, 15) is 8.42 Å². The number of nitrogens with one attached hydrogen (secondary N) is 1. The fraction of sp³-hybridized carbons (Fsp3) is 0.583. The summed E-state index contributed by atoms with van der Waals surface area (Å²) in [4.78, 5) is 4.16. The first-order valence-electron chi connectivity index (χ1n) is 6.21. The van der Waals surface area contributed by atoms with Crippen molar-refractivity contribution in [2.45, 2.75) is 25.8 Å². The van der Waals surface area contributed by atoms with Crippen LogP contribution in [0.25, 0.3) is 0 Å². The number of hydrogen-bond donors (Lipinski definition) is 1. The lowest BCUT2D eigenvalue weighted by Gasteiger charge is -2.24. The molecule has 2 heterocycles. The van der Waals surface area contributed by atoms with Crippen molar-refractivity contribution < 1.29 is 8.42 Å². The summed E-state index contributed by atoms with van der Waals surface area (Å²) in [5.41, 5.74) is 1.02. The van der Waals surface area contributed by atoms with E-state index >= 15 is 0 Å². The zero-order valence-electron chi connectivity index (χ0n) is 10.8. The summed E-state index contributed by atoms with van der Waals surface area (Å²) >= 11 is 0. The molecule has 1 aliphatic heterocycles. The summed E-state index contributed by atoms with van der Waals surface area (Å²) in [6, 6.07) is 3.79. The molecular weight excluding hydrogens is 250 g/mol. The normalized spacial score (nSPS) is 21.1. The Morgan fingerprint density at radius 2 is 2.33 bits per heavy atom. The van der Waals surface area contributed by atoms with Crippen molar-refractivity contribution >= 4 is 15.8 Å². The molecule has 1 aliphatic rings. The quantitative estimate of drug-likeness (QED) is 0.902. The van der Waals surface area contributed by atoms with Crippen LogP contribution >= 0.6 is 0 Å². The van der Waals surface area contributed by atoms with E-state index in [2.05, 4.69) is 10.3 Å². The number of nitrogens with zero attached hydrogens (tertiary/aromatic N) is 2. The first-order valence-corrected chi connectivity index (χ1v) is 7.82. The monoisotopic (exact) mass is 269 g/mol. The van der Waals surface area contributed by atoms with Gasteiger partial charge in [-0.25, -0.2) is 13.4 Å². The maximum absolute atomic E-state index is 12.0. The lowest BCUT2D eigenvalue weighted by atomic mass is 10.1. The van der Waals surface area contributed by atoms with E-state index in [4.69, 9.17) is 0 Å². The van der Waals surface area contributed by atoms with Crippen molar-refractivity contribution in [3.05, 3.63) is 23.9 Å². The zero-order valence-corrected chi connectivity index (χ0v) is 11.6. The second-order valence-electron chi connectivity index (χ2n) is 4.39. The predicted molar refractivity (Wildman–Crippen MR) is 71.9 cm³/mol. The van der Waals surface area contributed by atoms with Gasteiger partial charge in [-0.3, -0.25) is 0 Å². The highest BCUT2D eigenvalue weighted by Crippen LogP contribution is 2.34. The first-order chi connectivity index (χ1) is 8.58. The van der Waals surface area contributed by atoms with E-state index in [1.54, 1.807) is 24.5 Å². The molecular formula is C12H19N3O2S. The van der Waals surface area contributed by atoms with Crippen LogP contribution < -0.4 is 5.32 Å². The van der Waals surface area contributed by atoms with Crippen LogP contribution in [0, 0.1) is 0 Å². The Labute approximate surface area is 108 Å². The molecule has 2 rings (SSSR count). The number of hydrogen-bond acceptors (Lipinski definition) is 4. The molecule has 1 saturated heterocycles. The third kappa shape index (κ3) is 2.49. The summed E-state index contributed by atoms with van der Waals surface area (Å²) in [6.45, 7) is 2.31. The summed E-state index contributed by atoms with van der Waals surface area (Å²) in [5.74, 6) is 0.932. The van der Waals surface area contributed by atoms with Crippen LogP contribution in [0.1, 0.15) is 31.4 Å². The van der Waals surface area contributed by atoms with Gasteiger partial charge in [0.1, 0.15) is 5.82 Å². The van der Waals surface area contributed by atoms with Crippen LogP contribution in [0.5, 0.6) is 0 Å². The molecule has 1 fully saturated rings. The molecule has 100 valence electrons.